The molecule has 0 radical (unpaired) electrons. The Labute approximate surface area is 97.5 Å². The first kappa shape index (κ1) is 10.9. The molecule has 3 heterocycles. The number of H-pyrrole nitrogens is 1. The van der Waals surface area contributed by atoms with E-state index in [4.69, 9.17) is 5.73 Å². The van der Waals surface area contributed by atoms with Gasteiger partial charge in [0, 0.05) is 11.1 Å². The topological polar surface area (TPSA) is 67.6 Å². The SMILES string of the molecule is CC.Cc1ccc2c(n1)sc1c(N)n[nH]c12. The van der Waals surface area contributed by atoms with E-state index in [1.54, 1.807) is 11.3 Å². The highest BCUT2D eigenvalue weighted by molar-refractivity contribution is 7.25. The van der Waals surface area contributed by atoms with Crippen LogP contribution in [0.4, 0.5) is 5.82 Å². The predicted molar refractivity (Wildman–Crippen MR) is 69.8 cm³/mol. The third-order valence-electron chi connectivity index (χ3n) is 2.22. The van der Waals surface area contributed by atoms with Gasteiger partial charge in [-0.25, -0.2) is 4.98 Å². The summed E-state index contributed by atoms with van der Waals surface area (Å²) in [7, 11) is 0. The minimum atomic E-state index is 0.556. The van der Waals surface area contributed by atoms with Gasteiger partial charge in [-0.1, -0.05) is 13.8 Å². The molecule has 0 aliphatic rings. The van der Waals surface area contributed by atoms with Gasteiger partial charge in [0.05, 0.1) is 10.2 Å². The Kier molecular flexibility index (Phi) is 2.78. The summed E-state index contributed by atoms with van der Waals surface area (Å²) >= 11 is 1.58. The molecule has 0 aliphatic heterocycles. The average Bonchev–Trinajstić information content (AvgIpc) is 2.82. The van der Waals surface area contributed by atoms with E-state index in [2.05, 4.69) is 15.2 Å². The van der Waals surface area contributed by atoms with Gasteiger partial charge in [-0.2, -0.15) is 5.10 Å². The van der Waals surface area contributed by atoms with Crippen LogP contribution in [0.5, 0.6) is 0 Å². The third-order valence-corrected chi connectivity index (χ3v) is 3.34. The molecule has 3 aromatic heterocycles. The number of nitrogens with zero attached hydrogens (tertiary/aromatic N) is 2. The number of pyridine rings is 1. The fraction of sp³-hybridized carbons (Fsp3) is 0.273. The fourth-order valence-corrected chi connectivity index (χ4v) is 2.60. The lowest BCUT2D eigenvalue weighted by Gasteiger charge is -1.90. The van der Waals surface area contributed by atoms with E-state index in [1.165, 1.54) is 0 Å². The molecule has 3 rings (SSSR count). The molecule has 84 valence electrons. The van der Waals surface area contributed by atoms with Crippen molar-refractivity contribution in [3.05, 3.63) is 17.8 Å². The average molecular weight is 234 g/mol. The van der Waals surface area contributed by atoms with E-state index < -0.39 is 0 Å². The number of nitrogens with one attached hydrogen (secondary N) is 1. The molecule has 3 aromatic rings. The van der Waals surface area contributed by atoms with Crippen molar-refractivity contribution < 1.29 is 0 Å². The van der Waals surface area contributed by atoms with Crippen LogP contribution >= 0.6 is 11.3 Å². The van der Waals surface area contributed by atoms with Crippen LogP contribution in [0.3, 0.4) is 0 Å². The highest BCUT2D eigenvalue weighted by Crippen LogP contribution is 2.34. The van der Waals surface area contributed by atoms with Gasteiger partial charge in [0.2, 0.25) is 0 Å². The lowest BCUT2D eigenvalue weighted by molar-refractivity contribution is 1.13. The fourth-order valence-electron chi connectivity index (χ4n) is 1.53. The monoisotopic (exact) mass is 234 g/mol. The Hall–Kier alpha value is -1.62. The van der Waals surface area contributed by atoms with Gasteiger partial charge in [0.25, 0.3) is 0 Å². The summed E-state index contributed by atoms with van der Waals surface area (Å²) in [6, 6.07) is 4.04. The molecule has 5 heteroatoms. The second-order valence-electron chi connectivity index (χ2n) is 3.22. The van der Waals surface area contributed by atoms with Crippen LogP contribution in [0.15, 0.2) is 12.1 Å². The van der Waals surface area contributed by atoms with E-state index >= 15 is 0 Å². The van der Waals surface area contributed by atoms with Crippen LogP contribution in [0.1, 0.15) is 19.5 Å². The molecule has 0 aromatic carbocycles. The Balaban J connectivity index is 0.000000457. The number of aryl methyl sites for hydroxylation is 1. The summed E-state index contributed by atoms with van der Waals surface area (Å²) in [4.78, 5) is 5.46. The van der Waals surface area contributed by atoms with Crippen molar-refractivity contribution in [2.24, 2.45) is 0 Å². The van der Waals surface area contributed by atoms with Gasteiger partial charge < -0.3 is 5.73 Å². The second-order valence-corrected chi connectivity index (χ2v) is 4.22. The quantitative estimate of drug-likeness (QED) is 0.628. The van der Waals surface area contributed by atoms with Crippen molar-refractivity contribution in [1.29, 1.82) is 0 Å². The van der Waals surface area contributed by atoms with Crippen molar-refractivity contribution in [1.82, 2.24) is 15.2 Å². The van der Waals surface area contributed by atoms with Crippen LogP contribution in [-0.2, 0) is 0 Å². The Morgan fingerprint density at radius 3 is 2.81 bits per heavy atom. The molecule has 0 bridgehead atoms. The standard InChI is InChI=1S/C9H8N4S.C2H6/c1-4-2-3-5-6-7(8(10)13-12-6)14-9(5)11-4;1-2/h2-3H,1H3,(H3,10,12,13);1-2H3. The number of nitrogens with two attached hydrogens (primary N) is 1. The van der Waals surface area contributed by atoms with Crippen LogP contribution in [0.2, 0.25) is 0 Å². The molecule has 16 heavy (non-hydrogen) atoms. The number of fused-ring (bicyclic) bond motifs is 3. The molecule has 0 saturated carbocycles. The van der Waals surface area contributed by atoms with Crippen molar-refractivity contribution >= 4 is 37.6 Å². The summed E-state index contributed by atoms with van der Waals surface area (Å²) in [6.07, 6.45) is 0. The molecule has 3 N–H and O–H groups in total. The molecule has 0 saturated heterocycles. The largest absolute Gasteiger partial charge is 0.381 e. The number of hydrogen-bond acceptors (Lipinski definition) is 4. The minimum absolute atomic E-state index is 0.556. The molecular formula is C11H14N4S. The first-order valence-electron chi connectivity index (χ1n) is 5.25. The molecule has 0 fully saturated rings. The summed E-state index contributed by atoms with van der Waals surface area (Å²) in [5.41, 5.74) is 7.73. The zero-order valence-electron chi connectivity index (χ0n) is 9.53. The first-order chi connectivity index (χ1) is 7.75. The van der Waals surface area contributed by atoms with Crippen LogP contribution in [0.25, 0.3) is 20.4 Å². The van der Waals surface area contributed by atoms with Gasteiger partial charge in [0.15, 0.2) is 5.82 Å². The van der Waals surface area contributed by atoms with Crippen LogP contribution in [-0.4, -0.2) is 15.2 Å². The lowest BCUT2D eigenvalue weighted by atomic mass is 10.3. The molecule has 0 spiro atoms. The Bertz CT molecular complexity index is 623. The van der Waals surface area contributed by atoms with Gasteiger partial charge in [-0.3, -0.25) is 5.10 Å². The number of nitrogen functional groups attached to an aromatic ring is 1. The van der Waals surface area contributed by atoms with E-state index in [-0.39, 0.29) is 0 Å². The highest BCUT2D eigenvalue weighted by Gasteiger charge is 2.10. The summed E-state index contributed by atoms with van der Waals surface area (Å²) in [6.45, 7) is 5.98. The first-order valence-corrected chi connectivity index (χ1v) is 6.07. The summed E-state index contributed by atoms with van der Waals surface area (Å²) in [5.74, 6) is 0.556. The zero-order chi connectivity index (χ0) is 11.7. The van der Waals surface area contributed by atoms with E-state index in [0.717, 1.165) is 26.1 Å². The van der Waals surface area contributed by atoms with Crippen molar-refractivity contribution in [3.63, 3.8) is 0 Å². The van der Waals surface area contributed by atoms with E-state index in [9.17, 15) is 0 Å². The van der Waals surface area contributed by atoms with Crippen LogP contribution < -0.4 is 5.73 Å². The van der Waals surface area contributed by atoms with E-state index in [0.29, 0.717) is 5.82 Å². The number of hydrogen-bond donors (Lipinski definition) is 2. The maximum atomic E-state index is 5.72. The molecule has 0 atom stereocenters. The van der Waals surface area contributed by atoms with Crippen LogP contribution in [0, 0.1) is 6.92 Å². The Morgan fingerprint density at radius 1 is 1.31 bits per heavy atom. The molecule has 4 nitrogen and oxygen atoms in total. The Morgan fingerprint density at radius 2 is 2.06 bits per heavy atom. The lowest BCUT2D eigenvalue weighted by Crippen LogP contribution is -1.82. The molecular weight excluding hydrogens is 220 g/mol. The highest BCUT2D eigenvalue weighted by atomic mass is 32.1. The maximum absolute atomic E-state index is 5.72. The number of anilines is 1. The summed E-state index contributed by atoms with van der Waals surface area (Å²) < 4.78 is 0.998. The summed E-state index contributed by atoms with van der Waals surface area (Å²) in [5, 5.41) is 7.99. The number of aromatic amines is 1. The predicted octanol–water partition coefficient (Wildman–Crippen LogP) is 3.09. The molecule has 0 unspecified atom stereocenters. The van der Waals surface area contributed by atoms with Crippen molar-refractivity contribution in [2.75, 3.05) is 5.73 Å². The van der Waals surface area contributed by atoms with Crippen molar-refractivity contribution in [2.45, 2.75) is 20.8 Å². The number of rotatable bonds is 0. The van der Waals surface area contributed by atoms with Gasteiger partial charge in [-0.05, 0) is 19.1 Å². The minimum Gasteiger partial charge on any atom is -0.381 e. The molecule has 0 aliphatic carbocycles. The van der Waals surface area contributed by atoms with Gasteiger partial charge in [0.1, 0.15) is 4.83 Å². The van der Waals surface area contributed by atoms with Gasteiger partial charge in [-0.15, -0.1) is 11.3 Å². The maximum Gasteiger partial charge on any atom is 0.163 e. The zero-order valence-corrected chi connectivity index (χ0v) is 10.4. The smallest absolute Gasteiger partial charge is 0.163 e. The third kappa shape index (κ3) is 1.53. The van der Waals surface area contributed by atoms with Crippen molar-refractivity contribution in [3.8, 4) is 0 Å². The van der Waals surface area contributed by atoms with E-state index in [1.807, 2.05) is 32.9 Å². The normalized spacial score (nSPS) is 10.4. The number of thiophene rings is 1. The van der Waals surface area contributed by atoms with Gasteiger partial charge >= 0.3 is 0 Å². The number of aromatic nitrogens is 3. The second kappa shape index (κ2) is 4.09. The molecule has 0 amide bonds.